The minimum atomic E-state index is -1.88. The predicted octanol–water partition coefficient (Wildman–Crippen LogP) is 3.97. The highest BCUT2D eigenvalue weighted by Gasteiger charge is 2.50. The average molecular weight is 413 g/mol. The normalized spacial score (nSPS) is 9.79. The van der Waals surface area contributed by atoms with Crippen LogP contribution in [0.5, 0.6) is 0 Å². The van der Waals surface area contributed by atoms with Crippen molar-refractivity contribution in [1.29, 1.82) is 0 Å². The molecule has 0 unspecified atom stereocenters. The molecular weight excluding hydrogens is 376 g/mol. The van der Waals surface area contributed by atoms with Gasteiger partial charge in [0.1, 0.15) is 0 Å². The van der Waals surface area contributed by atoms with Crippen LogP contribution >= 0.6 is 0 Å². The fraction of sp³-hybridized carbons (Fsp3) is 0.591. The molecule has 0 N–H and O–H groups in total. The Bertz CT molecular complexity index is 576. The lowest BCUT2D eigenvalue weighted by atomic mass is 9.93. The SMILES string of the molecule is CC.CC.CCOC(=O)C(Cc1ccc(C(=O)OC)cc1)(OCC)C(=O)OCC. The smallest absolute Gasteiger partial charge is 0.350 e. The fourth-order valence-electron chi connectivity index (χ4n) is 2.30. The first-order valence-electron chi connectivity index (χ1n) is 10.1. The van der Waals surface area contributed by atoms with Crippen molar-refractivity contribution in [2.75, 3.05) is 26.9 Å². The molecule has 7 nitrogen and oxygen atoms in total. The first-order valence-corrected chi connectivity index (χ1v) is 10.1. The summed E-state index contributed by atoms with van der Waals surface area (Å²) in [5, 5.41) is 0. The van der Waals surface area contributed by atoms with Gasteiger partial charge in [-0.05, 0) is 38.5 Å². The third-order valence-corrected chi connectivity index (χ3v) is 3.43. The molecule has 29 heavy (non-hydrogen) atoms. The van der Waals surface area contributed by atoms with Crippen LogP contribution in [0, 0.1) is 0 Å². The summed E-state index contributed by atoms with van der Waals surface area (Å²) in [6.07, 6.45) is -0.0695. The summed E-state index contributed by atoms with van der Waals surface area (Å²) in [6.45, 7) is 13.3. The summed E-state index contributed by atoms with van der Waals surface area (Å²) in [5.41, 5.74) is -0.907. The molecule has 0 heterocycles. The fourth-order valence-corrected chi connectivity index (χ4v) is 2.30. The standard InChI is InChI=1S/C18H24O7.2C2H6/c1-5-23-16(20)18(25-7-3,17(21)24-6-2)12-13-8-10-14(11-9-13)15(19)22-4;2*1-2/h8-11H,5-7,12H2,1-4H3;2*1-2H3. The van der Waals surface area contributed by atoms with Crippen molar-refractivity contribution in [3.63, 3.8) is 0 Å². The molecule has 0 fully saturated rings. The molecule has 0 radical (unpaired) electrons. The van der Waals surface area contributed by atoms with Crippen LogP contribution in [0.2, 0.25) is 0 Å². The van der Waals surface area contributed by atoms with E-state index >= 15 is 0 Å². The molecule has 0 bridgehead atoms. The van der Waals surface area contributed by atoms with Gasteiger partial charge in [0.2, 0.25) is 0 Å². The van der Waals surface area contributed by atoms with Crippen molar-refractivity contribution in [2.24, 2.45) is 0 Å². The van der Waals surface area contributed by atoms with Crippen molar-refractivity contribution >= 4 is 17.9 Å². The second-order valence-electron chi connectivity index (χ2n) is 5.07. The van der Waals surface area contributed by atoms with E-state index in [1.165, 1.54) is 7.11 Å². The molecular formula is C22H36O7. The van der Waals surface area contributed by atoms with Gasteiger partial charge in [-0.25, -0.2) is 14.4 Å². The molecule has 0 saturated heterocycles. The number of hydrogen-bond acceptors (Lipinski definition) is 7. The summed E-state index contributed by atoms with van der Waals surface area (Å²) < 4.78 is 20.2. The van der Waals surface area contributed by atoms with Gasteiger partial charge in [0.05, 0.1) is 25.9 Å². The van der Waals surface area contributed by atoms with Crippen LogP contribution in [0.15, 0.2) is 24.3 Å². The van der Waals surface area contributed by atoms with Crippen LogP contribution in [0.4, 0.5) is 0 Å². The maximum absolute atomic E-state index is 12.5. The highest BCUT2D eigenvalue weighted by molar-refractivity contribution is 6.04. The second kappa shape index (κ2) is 16.5. The molecule has 0 atom stereocenters. The monoisotopic (exact) mass is 412 g/mol. The van der Waals surface area contributed by atoms with Crippen molar-refractivity contribution in [1.82, 2.24) is 0 Å². The number of carbonyl (C=O) groups is 3. The van der Waals surface area contributed by atoms with Gasteiger partial charge >= 0.3 is 17.9 Å². The van der Waals surface area contributed by atoms with Crippen LogP contribution < -0.4 is 0 Å². The maximum atomic E-state index is 12.5. The van der Waals surface area contributed by atoms with Gasteiger partial charge in [-0.15, -0.1) is 0 Å². The van der Waals surface area contributed by atoms with Gasteiger partial charge in [-0.1, -0.05) is 39.8 Å². The molecule has 7 heteroatoms. The topological polar surface area (TPSA) is 88.1 Å². The van der Waals surface area contributed by atoms with E-state index in [9.17, 15) is 14.4 Å². The number of methoxy groups -OCH3 is 1. The third-order valence-electron chi connectivity index (χ3n) is 3.43. The van der Waals surface area contributed by atoms with Crippen molar-refractivity contribution in [3.8, 4) is 0 Å². The van der Waals surface area contributed by atoms with Gasteiger partial charge in [0.15, 0.2) is 0 Å². The van der Waals surface area contributed by atoms with E-state index in [0.717, 1.165) is 0 Å². The minimum absolute atomic E-state index is 0.0695. The Kier molecular flexibility index (Phi) is 16.4. The Hall–Kier alpha value is -2.41. The Labute approximate surface area is 174 Å². The lowest BCUT2D eigenvalue weighted by molar-refractivity contribution is -0.190. The van der Waals surface area contributed by atoms with Crippen LogP contribution in [-0.4, -0.2) is 50.4 Å². The molecule has 1 aromatic carbocycles. The zero-order valence-electron chi connectivity index (χ0n) is 19.0. The minimum Gasteiger partial charge on any atom is -0.465 e. The summed E-state index contributed by atoms with van der Waals surface area (Å²) in [7, 11) is 1.29. The van der Waals surface area contributed by atoms with E-state index in [1.54, 1.807) is 45.0 Å². The van der Waals surface area contributed by atoms with Crippen LogP contribution in [0.3, 0.4) is 0 Å². The molecule has 1 aromatic rings. The van der Waals surface area contributed by atoms with E-state index in [-0.39, 0.29) is 26.2 Å². The Morgan fingerprint density at radius 2 is 1.24 bits per heavy atom. The predicted molar refractivity (Wildman–Crippen MR) is 112 cm³/mol. The highest BCUT2D eigenvalue weighted by Crippen LogP contribution is 2.23. The first-order chi connectivity index (χ1) is 13.9. The van der Waals surface area contributed by atoms with Gasteiger partial charge in [0, 0.05) is 13.0 Å². The van der Waals surface area contributed by atoms with Crippen LogP contribution in [0.25, 0.3) is 0 Å². The lowest BCUT2D eigenvalue weighted by Crippen LogP contribution is -2.53. The molecule has 166 valence electrons. The quantitative estimate of drug-likeness (QED) is 0.344. The Morgan fingerprint density at radius 3 is 1.59 bits per heavy atom. The van der Waals surface area contributed by atoms with Gasteiger partial charge in [0.25, 0.3) is 5.60 Å². The number of rotatable bonds is 9. The number of esters is 3. The molecule has 0 aliphatic rings. The average Bonchev–Trinajstić information content (AvgIpc) is 2.76. The third kappa shape index (κ3) is 8.64. The lowest BCUT2D eigenvalue weighted by Gasteiger charge is -2.29. The summed E-state index contributed by atoms with van der Waals surface area (Å²) in [4.78, 5) is 36.5. The maximum Gasteiger partial charge on any atom is 0.350 e. The molecule has 0 aliphatic heterocycles. The molecule has 0 aromatic heterocycles. The summed E-state index contributed by atoms with van der Waals surface area (Å²) in [5.74, 6) is -2.07. The molecule has 0 saturated carbocycles. The van der Waals surface area contributed by atoms with Gasteiger partial charge < -0.3 is 18.9 Å². The molecule has 0 aliphatic carbocycles. The van der Waals surface area contributed by atoms with E-state index in [2.05, 4.69) is 4.74 Å². The van der Waals surface area contributed by atoms with E-state index in [0.29, 0.717) is 11.1 Å². The first kappa shape index (κ1) is 28.8. The number of benzene rings is 1. The largest absolute Gasteiger partial charge is 0.465 e. The van der Waals surface area contributed by atoms with E-state index in [1.807, 2.05) is 27.7 Å². The van der Waals surface area contributed by atoms with Crippen molar-refractivity contribution in [2.45, 2.75) is 60.5 Å². The van der Waals surface area contributed by atoms with Crippen LogP contribution in [-0.2, 0) is 35.0 Å². The van der Waals surface area contributed by atoms with Crippen molar-refractivity contribution < 1.29 is 33.3 Å². The number of hydrogen-bond donors (Lipinski definition) is 0. The van der Waals surface area contributed by atoms with Crippen molar-refractivity contribution in [3.05, 3.63) is 35.4 Å². The number of carbonyl (C=O) groups excluding carboxylic acids is 3. The number of ether oxygens (including phenoxy) is 4. The van der Waals surface area contributed by atoms with Crippen LogP contribution in [0.1, 0.15) is 64.4 Å². The zero-order chi connectivity index (χ0) is 22.9. The summed E-state index contributed by atoms with van der Waals surface area (Å²) >= 11 is 0. The molecule has 1 rings (SSSR count). The highest BCUT2D eigenvalue weighted by atomic mass is 16.6. The van der Waals surface area contributed by atoms with E-state index < -0.39 is 23.5 Å². The summed E-state index contributed by atoms with van der Waals surface area (Å²) in [6, 6.07) is 6.35. The Morgan fingerprint density at radius 1 is 0.793 bits per heavy atom. The Balaban J connectivity index is 0. The van der Waals surface area contributed by atoms with Gasteiger partial charge in [-0.3, -0.25) is 0 Å². The van der Waals surface area contributed by atoms with Gasteiger partial charge in [-0.2, -0.15) is 0 Å². The zero-order valence-corrected chi connectivity index (χ0v) is 19.0. The molecule has 0 amide bonds. The van der Waals surface area contributed by atoms with E-state index in [4.69, 9.17) is 14.2 Å². The second-order valence-corrected chi connectivity index (χ2v) is 5.07. The molecule has 0 spiro atoms.